The van der Waals surface area contributed by atoms with Crippen molar-refractivity contribution in [3.05, 3.63) is 34.9 Å². The lowest BCUT2D eigenvalue weighted by Gasteiger charge is -2.38. The highest BCUT2D eigenvalue weighted by atomic mass is 35.5. The van der Waals surface area contributed by atoms with Crippen LogP contribution in [-0.4, -0.2) is 61.4 Å². The molecule has 2 saturated heterocycles. The quantitative estimate of drug-likeness (QED) is 0.877. The molecule has 5 nitrogen and oxygen atoms in total. The van der Waals surface area contributed by atoms with Crippen LogP contribution < -0.4 is 5.32 Å². The highest BCUT2D eigenvalue weighted by Crippen LogP contribution is 2.24. The standard InChI is InChI=1S/C20H28ClN3O2/c1-22-12-15-4-2-10-23(13-15)20(26)17-5-3-11-24(14-17)19(25)16-6-8-18(21)9-7-16/h6-9,15,17,22H,2-5,10-14H2,1H3. The van der Waals surface area contributed by atoms with Crippen molar-refractivity contribution in [3.63, 3.8) is 0 Å². The van der Waals surface area contributed by atoms with Gasteiger partial charge in [-0.2, -0.15) is 0 Å². The number of hydrogen-bond acceptors (Lipinski definition) is 3. The van der Waals surface area contributed by atoms with Crippen LogP contribution in [0.2, 0.25) is 5.02 Å². The summed E-state index contributed by atoms with van der Waals surface area (Å²) in [5, 5.41) is 3.84. The third kappa shape index (κ3) is 4.57. The van der Waals surface area contributed by atoms with E-state index in [2.05, 4.69) is 5.32 Å². The SMILES string of the molecule is CNCC1CCCN(C(=O)C2CCCN(C(=O)c3ccc(Cl)cc3)C2)C1. The minimum atomic E-state index is -0.0756. The zero-order chi connectivity index (χ0) is 18.5. The molecular weight excluding hydrogens is 350 g/mol. The predicted molar refractivity (Wildman–Crippen MR) is 103 cm³/mol. The summed E-state index contributed by atoms with van der Waals surface area (Å²) in [6.07, 6.45) is 3.99. The van der Waals surface area contributed by atoms with Crippen molar-refractivity contribution in [2.45, 2.75) is 25.7 Å². The van der Waals surface area contributed by atoms with E-state index in [9.17, 15) is 9.59 Å². The number of halogens is 1. The van der Waals surface area contributed by atoms with Gasteiger partial charge in [-0.15, -0.1) is 0 Å². The summed E-state index contributed by atoms with van der Waals surface area (Å²) in [6, 6.07) is 6.97. The molecule has 142 valence electrons. The molecule has 0 spiro atoms. The van der Waals surface area contributed by atoms with E-state index >= 15 is 0 Å². The first-order chi connectivity index (χ1) is 12.6. The van der Waals surface area contributed by atoms with Gasteiger partial charge in [-0.3, -0.25) is 9.59 Å². The van der Waals surface area contributed by atoms with Crippen LogP contribution in [0.4, 0.5) is 0 Å². The number of rotatable bonds is 4. The lowest BCUT2D eigenvalue weighted by atomic mass is 9.92. The van der Waals surface area contributed by atoms with Crippen molar-refractivity contribution in [1.82, 2.24) is 15.1 Å². The number of amides is 2. The average molecular weight is 378 g/mol. The van der Waals surface area contributed by atoms with Crippen LogP contribution in [0, 0.1) is 11.8 Å². The number of carbonyl (C=O) groups is 2. The zero-order valence-corrected chi connectivity index (χ0v) is 16.2. The van der Waals surface area contributed by atoms with Gasteiger partial charge in [-0.1, -0.05) is 11.6 Å². The topological polar surface area (TPSA) is 52.7 Å². The van der Waals surface area contributed by atoms with Crippen LogP contribution in [0.3, 0.4) is 0 Å². The molecule has 0 bridgehead atoms. The predicted octanol–water partition coefficient (Wildman–Crippen LogP) is 2.65. The van der Waals surface area contributed by atoms with Crippen molar-refractivity contribution >= 4 is 23.4 Å². The third-order valence-corrected chi connectivity index (χ3v) is 5.72. The molecule has 6 heteroatoms. The summed E-state index contributed by atoms with van der Waals surface area (Å²) in [5.74, 6) is 0.673. The Balaban J connectivity index is 1.61. The Morgan fingerprint density at radius 3 is 2.50 bits per heavy atom. The van der Waals surface area contributed by atoms with Gasteiger partial charge in [-0.05, 0) is 69.5 Å². The summed E-state index contributed by atoms with van der Waals surface area (Å²) in [4.78, 5) is 29.6. The lowest BCUT2D eigenvalue weighted by molar-refractivity contribution is -0.138. The van der Waals surface area contributed by atoms with Gasteiger partial charge >= 0.3 is 0 Å². The van der Waals surface area contributed by atoms with Crippen LogP contribution in [0.5, 0.6) is 0 Å². The minimum Gasteiger partial charge on any atom is -0.342 e. The summed E-state index contributed by atoms with van der Waals surface area (Å²) >= 11 is 5.91. The van der Waals surface area contributed by atoms with Crippen LogP contribution in [0.25, 0.3) is 0 Å². The molecule has 0 radical (unpaired) electrons. The first-order valence-electron chi connectivity index (χ1n) is 9.56. The van der Waals surface area contributed by atoms with E-state index in [0.29, 0.717) is 29.6 Å². The van der Waals surface area contributed by atoms with Crippen LogP contribution in [0.1, 0.15) is 36.0 Å². The van der Waals surface area contributed by atoms with E-state index in [-0.39, 0.29) is 17.7 Å². The Kier molecular flexibility index (Phi) is 6.54. The Morgan fingerprint density at radius 1 is 1.08 bits per heavy atom. The van der Waals surface area contributed by atoms with Crippen molar-refractivity contribution in [2.75, 3.05) is 39.8 Å². The van der Waals surface area contributed by atoms with Crippen molar-refractivity contribution in [3.8, 4) is 0 Å². The molecular formula is C20H28ClN3O2. The molecule has 0 aromatic heterocycles. The Labute approximate surface area is 160 Å². The number of likely N-dealkylation sites (tertiary alicyclic amines) is 2. The van der Waals surface area contributed by atoms with Gasteiger partial charge in [0.05, 0.1) is 5.92 Å². The first kappa shape index (κ1) is 19.2. The van der Waals surface area contributed by atoms with Crippen molar-refractivity contribution in [2.24, 2.45) is 11.8 Å². The average Bonchev–Trinajstić information content (AvgIpc) is 2.68. The monoisotopic (exact) mass is 377 g/mol. The molecule has 2 heterocycles. The molecule has 2 aliphatic heterocycles. The molecule has 3 rings (SSSR count). The zero-order valence-electron chi connectivity index (χ0n) is 15.4. The largest absolute Gasteiger partial charge is 0.342 e. The van der Waals surface area contributed by atoms with Crippen LogP contribution in [-0.2, 0) is 4.79 Å². The Bertz CT molecular complexity index is 632. The second-order valence-electron chi connectivity index (χ2n) is 7.45. The van der Waals surface area contributed by atoms with Gasteiger partial charge in [-0.25, -0.2) is 0 Å². The smallest absolute Gasteiger partial charge is 0.253 e. The normalized spacial score (nSPS) is 23.8. The fourth-order valence-electron chi connectivity index (χ4n) is 4.12. The molecule has 1 aromatic rings. The molecule has 1 aromatic carbocycles. The Hall–Kier alpha value is -1.59. The number of nitrogens with zero attached hydrogens (tertiary/aromatic N) is 2. The highest BCUT2D eigenvalue weighted by molar-refractivity contribution is 6.30. The molecule has 2 amide bonds. The maximum atomic E-state index is 13.0. The number of piperidine rings is 2. The molecule has 1 N–H and O–H groups in total. The fraction of sp³-hybridized carbons (Fsp3) is 0.600. The summed E-state index contributed by atoms with van der Waals surface area (Å²) in [7, 11) is 1.96. The second-order valence-corrected chi connectivity index (χ2v) is 7.88. The summed E-state index contributed by atoms with van der Waals surface area (Å²) < 4.78 is 0. The van der Waals surface area contributed by atoms with Gasteiger partial charge in [0.2, 0.25) is 5.91 Å². The van der Waals surface area contributed by atoms with Crippen molar-refractivity contribution < 1.29 is 9.59 Å². The van der Waals surface area contributed by atoms with Gasteiger partial charge < -0.3 is 15.1 Å². The minimum absolute atomic E-state index is 0.00845. The first-order valence-corrected chi connectivity index (χ1v) is 9.94. The number of nitrogens with one attached hydrogen (secondary N) is 1. The maximum absolute atomic E-state index is 13.0. The van der Waals surface area contributed by atoms with E-state index in [1.54, 1.807) is 24.3 Å². The number of carbonyl (C=O) groups excluding carboxylic acids is 2. The van der Waals surface area contributed by atoms with E-state index in [0.717, 1.165) is 38.9 Å². The maximum Gasteiger partial charge on any atom is 0.253 e. The van der Waals surface area contributed by atoms with E-state index in [1.807, 2.05) is 16.8 Å². The second kappa shape index (κ2) is 8.87. The van der Waals surface area contributed by atoms with E-state index < -0.39 is 0 Å². The third-order valence-electron chi connectivity index (χ3n) is 5.47. The molecule has 2 atom stereocenters. The van der Waals surface area contributed by atoms with Gasteiger partial charge in [0.1, 0.15) is 0 Å². The van der Waals surface area contributed by atoms with E-state index in [1.165, 1.54) is 6.42 Å². The Morgan fingerprint density at radius 2 is 1.77 bits per heavy atom. The fourth-order valence-corrected chi connectivity index (χ4v) is 4.24. The van der Waals surface area contributed by atoms with Crippen LogP contribution in [0.15, 0.2) is 24.3 Å². The molecule has 26 heavy (non-hydrogen) atoms. The van der Waals surface area contributed by atoms with Gasteiger partial charge in [0.25, 0.3) is 5.91 Å². The molecule has 2 unspecified atom stereocenters. The lowest BCUT2D eigenvalue weighted by Crippen LogP contribution is -2.49. The number of benzene rings is 1. The van der Waals surface area contributed by atoms with Crippen LogP contribution >= 0.6 is 11.6 Å². The van der Waals surface area contributed by atoms with Crippen molar-refractivity contribution in [1.29, 1.82) is 0 Å². The number of hydrogen-bond donors (Lipinski definition) is 1. The summed E-state index contributed by atoms with van der Waals surface area (Å²) in [5.41, 5.74) is 0.634. The highest BCUT2D eigenvalue weighted by Gasteiger charge is 2.33. The molecule has 2 aliphatic rings. The molecule has 0 aliphatic carbocycles. The van der Waals surface area contributed by atoms with Gasteiger partial charge in [0.15, 0.2) is 0 Å². The summed E-state index contributed by atoms with van der Waals surface area (Å²) in [6.45, 7) is 3.87. The van der Waals surface area contributed by atoms with E-state index in [4.69, 9.17) is 11.6 Å². The molecule has 2 fully saturated rings. The molecule has 0 saturated carbocycles. The van der Waals surface area contributed by atoms with Gasteiger partial charge in [0, 0.05) is 36.8 Å².